The van der Waals surface area contributed by atoms with E-state index in [0.717, 1.165) is 18.5 Å². The first kappa shape index (κ1) is 14.7. The largest absolute Gasteiger partial charge is 0.396 e. The third kappa shape index (κ3) is 3.88. The maximum Gasteiger partial charge on any atom is 0.138 e. The van der Waals surface area contributed by atoms with Crippen LogP contribution in [0.3, 0.4) is 0 Å². The molecule has 0 bridgehead atoms. The van der Waals surface area contributed by atoms with Crippen LogP contribution in [0.15, 0.2) is 36.9 Å². The van der Waals surface area contributed by atoms with Crippen LogP contribution in [-0.4, -0.2) is 32.5 Å². The van der Waals surface area contributed by atoms with E-state index in [0.29, 0.717) is 6.04 Å². The molecule has 108 valence electrons. The molecule has 20 heavy (non-hydrogen) atoms. The Kier molecular flexibility index (Phi) is 5.26. The average Bonchev–Trinajstić information content (AvgIpc) is 2.99. The van der Waals surface area contributed by atoms with Gasteiger partial charge in [-0.3, -0.25) is 0 Å². The van der Waals surface area contributed by atoms with E-state index in [2.05, 4.69) is 41.4 Å². The Balaban J connectivity index is 1.95. The Morgan fingerprint density at radius 3 is 2.60 bits per heavy atom. The molecule has 0 fully saturated rings. The molecule has 5 nitrogen and oxygen atoms in total. The van der Waals surface area contributed by atoms with Crippen molar-refractivity contribution in [2.24, 2.45) is 0 Å². The first-order valence-electron chi connectivity index (χ1n) is 7.02. The van der Waals surface area contributed by atoms with Gasteiger partial charge in [-0.25, -0.2) is 9.67 Å². The minimum atomic E-state index is 0.257. The fourth-order valence-electron chi connectivity index (χ4n) is 2.26. The molecule has 0 radical (unpaired) electrons. The van der Waals surface area contributed by atoms with Crippen LogP contribution >= 0.6 is 0 Å². The van der Waals surface area contributed by atoms with E-state index in [9.17, 15) is 0 Å². The number of nitrogens with zero attached hydrogens (tertiary/aromatic N) is 3. The predicted molar refractivity (Wildman–Crippen MR) is 78.7 cm³/mol. The van der Waals surface area contributed by atoms with Crippen molar-refractivity contribution in [3.8, 4) is 5.69 Å². The minimum absolute atomic E-state index is 0.257. The van der Waals surface area contributed by atoms with Crippen LogP contribution in [0.2, 0.25) is 0 Å². The molecular weight excluding hydrogens is 252 g/mol. The molecule has 0 unspecified atom stereocenters. The van der Waals surface area contributed by atoms with Gasteiger partial charge in [0.25, 0.3) is 0 Å². The Bertz CT molecular complexity index is 495. The molecule has 1 heterocycles. The topological polar surface area (TPSA) is 63.0 Å². The van der Waals surface area contributed by atoms with Crippen molar-refractivity contribution >= 4 is 0 Å². The normalized spacial score (nSPS) is 14.2. The maximum absolute atomic E-state index is 8.85. The van der Waals surface area contributed by atoms with E-state index in [4.69, 9.17) is 5.11 Å². The second-order valence-corrected chi connectivity index (χ2v) is 5.09. The number of hydrogen-bond acceptors (Lipinski definition) is 4. The number of hydrogen-bond donors (Lipinski definition) is 2. The van der Waals surface area contributed by atoms with Crippen molar-refractivity contribution in [2.75, 3.05) is 6.61 Å². The third-order valence-corrected chi connectivity index (χ3v) is 3.41. The summed E-state index contributed by atoms with van der Waals surface area (Å²) in [5.74, 6) is 0. The van der Waals surface area contributed by atoms with Gasteiger partial charge in [0.1, 0.15) is 12.7 Å². The second kappa shape index (κ2) is 7.17. The fourth-order valence-corrected chi connectivity index (χ4v) is 2.26. The van der Waals surface area contributed by atoms with Crippen molar-refractivity contribution in [1.29, 1.82) is 0 Å². The van der Waals surface area contributed by atoms with Gasteiger partial charge in [0.2, 0.25) is 0 Å². The van der Waals surface area contributed by atoms with Crippen LogP contribution in [0.5, 0.6) is 0 Å². The van der Waals surface area contributed by atoms with Crippen molar-refractivity contribution in [3.63, 3.8) is 0 Å². The summed E-state index contributed by atoms with van der Waals surface area (Å²) >= 11 is 0. The average molecular weight is 274 g/mol. The van der Waals surface area contributed by atoms with Gasteiger partial charge in [-0.05, 0) is 44.4 Å². The molecule has 0 saturated carbocycles. The Morgan fingerprint density at radius 1 is 1.25 bits per heavy atom. The van der Waals surface area contributed by atoms with Crippen LogP contribution in [0.25, 0.3) is 5.69 Å². The van der Waals surface area contributed by atoms with E-state index in [-0.39, 0.29) is 12.6 Å². The van der Waals surface area contributed by atoms with E-state index in [1.807, 2.05) is 12.1 Å². The van der Waals surface area contributed by atoms with E-state index < -0.39 is 0 Å². The summed E-state index contributed by atoms with van der Waals surface area (Å²) in [7, 11) is 0. The van der Waals surface area contributed by atoms with Gasteiger partial charge in [-0.2, -0.15) is 5.10 Å². The van der Waals surface area contributed by atoms with Gasteiger partial charge in [0, 0.05) is 18.7 Å². The summed E-state index contributed by atoms with van der Waals surface area (Å²) in [5.41, 5.74) is 2.25. The Labute approximate surface area is 119 Å². The second-order valence-electron chi connectivity index (χ2n) is 5.09. The van der Waals surface area contributed by atoms with Gasteiger partial charge in [-0.15, -0.1) is 0 Å². The van der Waals surface area contributed by atoms with Crippen molar-refractivity contribution in [2.45, 2.75) is 38.8 Å². The number of aliphatic hydroxyl groups is 1. The highest BCUT2D eigenvalue weighted by atomic mass is 16.2. The first-order chi connectivity index (χ1) is 9.70. The van der Waals surface area contributed by atoms with Gasteiger partial charge in [0.15, 0.2) is 0 Å². The van der Waals surface area contributed by atoms with E-state index in [1.165, 1.54) is 11.9 Å². The molecule has 5 heteroatoms. The lowest BCUT2D eigenvalue weighted by atomic mass is 10.1. The molecule has 0 amide bonds. The zero-order valence-electron chi connectivity index (χ0n) is 12.0. The van der Waals surface area contributed by atoms with Crippen LogP contribution in [-0.2, 0) is 0 Å². The maximum atomic E-state index is 8.85. The summed E-state index contributed by atoms with van der Waals surface area (Å²) in [6, 6.07) is 8.97. The molecule has 1 aromatic carbocycles. The highest BCUT2D eigenvalue weighted by Gasteiger charge is 2.09. The predicted octanol–water partition coefficient (Wildman–Crippen LogP) is 2.08. The standard InChI is InChI=1S/C15H22N4O/c1-12(4-3-9-20)18-13(2)14-5-7-15(8-6-14)19-11-16-10-17-19/h5-8,10-13,18,20H,3-4,9H2,1-2H3/t12-,13-/m1/s1. The monoisotopic (exact) mass is 274 g/mol. The molecule has 0 aliphatic carbocycles. The zero-order valence-corrected chi connectivity index (χ0v) is 12.0. The number of nitrogens with one attached hydrogen (secondary N) is 1. The molecule has 2 N–H and O–H groups in total. The zero-order chi connectivity index (χ0) is 14.4. The van der Waals surface area contributed by atoms with Crippen LogP contribution in [0, 0.1) is 0 Å². The van der Waals surface area contributed by atoms with Gasteiger partial charge >= 0.3 is 0 Å². The van der Waals surface area contributed by atoms with Crippen molar-refractivity contribution in [1.82, 2.24) is 20.1 Å². The van der Waals surface area contributed by atoms with Crippen molar-refractivity contribution in [3.05, 3.63) is 42.5 Å². The summed E-state index contributed by atoms with van der Waals surface area (Å²) < 4.78 is 1.74. The summed E-state index contributed by atoms with van der Waals surface area (Å²) in [6.07, 6.45) is 5.04. The molecular formula is C15H22N4O. The minimum Gasteiger partial charge on any atom is -0.396 e. The van der Waals surface area contributed by atoms with E-state index >= 15 is 0 Å². The number of rotatable bonds is 7. The number of aromatic nitrogens is 3. The van der Waals surface area contributed by atoms with Crippen LogP contribution in [0.1, 0.15) is 38.3 Å². The highest BCUT2D eigenvalue weighted by Crippen LogP contribution is 2.16. The number of aliphatic hydroxyl groups excluding tert-OH is 1. The van der Waals surface area contributed by atoms with E-state index in [1.54, 1.807) is 11.0 Å². The summed E-state index contributed by atoms with van der Waals surface area (Å²) in [6.45, 7) is 4.56. The molecule has 0 saturated heterocycles. The van der Waals surface area contributed by atoms with Gasteiger partial charge in [-0.1, -0.05) is 12.1 Å². The Morgan fingerprint density at radius 2 is 2.00 bits per heavy atom. The number of benzene rings is 1. The molecule has 0 aliphatic heterocycles. The lowest BCUT2D eigenvalue weighted by Crippen LogP contribution is -2.29. The molecule has 2 aromatic rings. The Hall–Kier alpha value is -1.72. The van der Waals surface area contributed by atoms with Crippen LogP contribution < -0.4 is 5.32 Å². The highest BCUT2D eigenvalue weighted by molar-refractivity contribution is 5.34. The molecule has 2 rings (SSSR count). The first-order valence-corrected chi connectivity index (χ1v) is 7.02. The van der Waals surface area contributed by atoms with Gasteiger partial charge in [0.05, 0.1) is 5.69 Å². The molecule has 1 aromatic heterocycles. The quantitative estimate of drug-likeness (QED) is 0.811. The summed E-state index contributed by atoms with van der Waals surface area (Å²) in [5, 5.41) is 16.5. The molecule has 0 spiro atoms. The third-order valence-electron chi connectivity index (χ3n) is 3.41. The van der Waals surface area contributed by atoms with Crippen LogP contribution in [0.4, 0.5) is 0 Å². The SMILES string of the molecule is C[C@H](CCCO)N[C@H](C)c1ccc(-n2cncn2)cc1. The fraction of sp³-hybridized carbons (Fsp3) is 0.467. The molecule has 2 atom stereocenters. The van der Waals surface area contributed by atoms with Crippen molar-refractivity contribution < 1.29 is 5.11 Å². The lowest BCUT2D eigenvalue weighted by molar-refractivity contribution is 0.274. The molecule has 0 aliphatic rings. The summed E-state index contributed by atoms with van der Waals surface area (Å²) in [4.78, 5) is 3.94. The lowest BCUT2D eigenvalue weighted by Gasteiger charge is -2.20. The smallest absolute Gasteiger partial charge is 0.138 e. The van der Waals surface area contributed by atoms with Gasteiger partial charge < -0.3 is 10.4 Å².